The molecule has 1 aliphatic rings. The smallest absolute Gasteiger partial charge is 0.0924 e. The molecule has 0 aliphatic carbocycles. The third kappa shape index (κ3) is 3.64. The van der Waals surface area contributed by atoms with Crippen molar-refractivity contribution in [1.82, 2.24) is 24.6 Å². The van der Waals surface area contributed by atoms with Crippen LogP contribution in [0.25, 0.3) is 22.4 Å². The molecule has 0 unspecified atom stereocenters. The van der Waals surface area contributed by atoms with Gasteiger partial charge < -0.3 is 4.90 Å². The van der Waals surface area contributed by atoms with Crippen molar-refractivity contribution in [1.29, 1.82) is 0 Å². The molecule has 5 rings (SSSR count). The number of aromatic nitrogens is 4. The summed E-state index contributed by atoms with van der Waals surface area (Å²) < 4.78 is 2.15. The summed E-state index contributed by atoms with van der Waals surface area (Å²) in [7, 11) is 2.19. The van der Waals surface area contributed by atoms with Crippen LogP contribution in [0.5, 0.6) is 0 Å². The lowest BCUT2D eigenvalue weighted by atomic mass is 9.92. The fourth-order valence-electron chi connectivity index (χ4n) is 4.45. The van der Waals surface area contributed by atoms with Gasteiger partial charge in [-0.15, -0.1) is 0 Å². The van der Waals surface area contributed by atoms with Crippen LogP contribution >= 0.6 is 0 Å². The van der Waals surface area contributed by atoms with E-state index in [0.29, 0.717) is 12.0 Å². The van der Waals surface area contributed by atoms with Crippen LogP contribution in [0.2, 0.25) is 0 Å². The summed E-state index contributed by atoms with van der Waals surface area (Å²) in [4.78, 5) is 10.8. The molecule has 1 saturated heterocycles. The highest BCUT2D eigenvalue weighted by atomic mass is 15.3. The summed E-state index contributed by atoms with van der Waals surface area (Å²) in [5.74, 6) is 0.392. The average Bonchev–Trinajstić information content (AvgIpc) is 3.41. The van der Waals surface area contributed by atoms with Crippen molar-refractivity contribution < 1.29 is 0 Å². The predicted octanol–water partition coefficient (Wildman–Crippen LogP) is 4.59. The largest absolute Gasteiger partial charge is 0.304 e. The Morgan fingerprint density at radius 2 is 1.70 bits per heavy atom. The van der Waals surface area contributed by atoms with E-state index in [2.05, 4.69) is 81.3 Å². The number of likely N-dealkylation sites (tertiary alicyclic amines) is 1. The molecule has 4 heterocycles. The molecule has 0 amide bonds. The van der Waals surface area contributed by atoms with E-state index in [-0.39, 0.29) is 0 Å². The molecule has 30 heavy (non-hydrogen) atoms. The summed E-state index contributed by atoms with van der Waals surface area (Å²) in [5.41, 5.74) is 6.91. The maximum atomic E-state index is 4.95. The molecule has 150 valence electrons. The van der Waals surface area contributed by atoms with Crippen molar-refractivity contribution in [2.75, 3.05) is 20.1 Å². The number of hydrogen-bond donors (Lipinski definition) is 0. The molecule has 0 bridgehead atoms. The number of hydrogen-bond acceptors (Lipinski definition) is 4. The normalized spacial score (nSPS) is 19.3. The Morgan fingerprint density at radius 3 is 2.53 bits per heavy atom. The summed E-state index contributed by atoms with van der Waals surface area (Å²) >= 11 is 0. The maximum absolute atomic E-state index is 4.95. The Morgan fingerprint density at radius 1 is 0.867 bits per heavy atom. The van der Waals surface area contributed by atoms with E-state index < -0.39 is 0 Å². The van der Waals surface area contributed by atoms with Crippen LogP contribution in [0, 0.1) is 6.92 Å². The first-order chi connectivity index (χ1) is 14.7. The van der Waals surface area contributed by atoms with Gasteiger partial charge in [-0.3, -0.25) is 14.6 Å². The van der Waals surface area contributed by atoms with Gasteiger partial charge in [-0.25, -0.2) is 0 Å². The number of nitrogens with zero attached hydrogens (tertiary/aromatic N) is 5. The fraction of sp³-hybridized carbons (Fsp3) is 0.240. The molecule has 0 spiro atoms. The Bertz CT molecular complexity index is 1150. The number of rotatable bonds is 4. The summed E-state index contributed by atoms with van der Waals surface area (Å²) in [6.07, 6.45) is 7.66. The van der Waals surface area contributed by atoms with Gasteiger partial charge in [0.2, 0.25) is 0 Å². The summed E-state index contributed by atoms with van der Waals surface area (Å²) in [6, 6.07) is 19.6. The molecule has 1 fully saturated rings. The Balaban J connectivity index is 1.47. The standard InChI is InChI=1S/C25H25N5/c1-18-14-22(8-12-27-18)24-9-13-30(28-24)25-17-29(2)16-23(25)21-5-3-4-20(15-21)19-6-10-26-11-7-19/h3-15,23,25H,16-17H2,1-2H3/t23-,25+/m1/s1. The quantitative estimate of drug-likeness (QED) is 0.507. The van der Waals surface area contributed by atoms with Crippen LogP contribution in [-0.2, 0) is 0 Å². The van der Waals surface area contributed by atoms with Gasteiger partial charge in [0.15, 0.2) is 0 Å². The lowest BCUT2D eigenvalue weighted by Gasteiger charge is -2.20. The van der Waals surface area contributed by atoms with Crippen LogP contribution in [0.1, 0.15) is 23.2 Å². The number of pyridine rings is 2. The molecule has 1 aliphatic heterocycles. The van der Waals surface area contributed by atoms with Crippen molar-refractivity contribution in [3.63, 3.8) is 0 Å². The molecule has 4 aromatic rings. The SMILES string of the molecule is Cc1cc(-c2ccn([C@H]3CN(C)C[C@@H]3c3cccc(-c4ccncc4)c3)n2)ccn1. The van der Waals surface area contributed by atoms with E-state index in [1.807, 2.05) is 31.6 Å². The predicted molar refractivity (Wildman–Crippen MR) is 119 cm³/mol. The number of benzene rings is 1. The van der Waals surface area contributed by atoms with Gasteiger partial charge in [-0.2, -0.15) is 5.10 Å². The van der Waals surface area contributed by atoms with Gasteiger partial charge in [0.1, 0.15) is 0 Å². The van der Waals surface area contributed by atoms with Crippen molar-refractivity contribution >= 4 is 0 Å². The molecule has 3 aromatic heterocycles. The first-order valence-corrected chi connectivity index (χ1v) is 10.3. The first kappa shape index (κ1) is 18.7. The van der Waals surface area contributed by atoms with Crippen LogP contribution in [-0.4, -0.2) is 44.8 Å². The molecular weight excluding hydrogens is 370 g/mol. The monoisotopic (exact) mass is 395 g/mol. The molecule has 5 nitrogen and oxygen atoms in total. The van der Waals surface area contributed by atoms with Crippen LogP contribution in [0.3, 0.4) is 0 Å². The topological polar surface area (TPSA) is 46.8 Å². The summed E-state index contributed by atoms with van der Waals surface area (Å²) in [5, 5.41) is 4.95. The lowest BCUT2D eigenvalue weighted by molar-refractivity contribution is 0.382. The third-order valence-electron chi connectivity index (χ3n) is 5.94. The number of likely N-dealkylation sites (N-methyl/N-ethyl adjacent to an activating group) is 1. The van der Waals surface area contributed by atoms with Crippen LogP contribution < -0.4 is 0 Å². The van der Waals surface area contributed by atoms with Gasteiger partial charge in [0.05, 0.1) is 11.7 Å². The zero-order valence-corrected chi connectivity index (χ0v) is 17.3. The van der Waals surface area contributed by atoms with E-state index in [4.69, 9.17) is 5.10 Å². The van der Waals surface area contributed by atoms with Crippen LogP contribution in [0.4, 0.5) is 0 Å². The second-order valence-corrected chi connectivity index (χ2v) is 8.12. The zero-order chi connectivity index (χ0) is 20.5. The molecule has 0 saturated carbocycles. The molecular formula is C25H25N5. The van der Waals surface area contributed by atoms with E-state index in [0.717, 1.165) is 30.0 Å². The van der Waals surface area contributed by atoms with Gasteiger partial charge in [0.25, 0.3) is 0 Å². The second-order valence-electron chi connectivity index (χ2n) is 8.12. The highest BCUT2D eigenvalue weighted by molar-refractivity contribution is 5.64. The minimum Gasteiger partial charge on any atom is -0.304 e. The van der Waals surface area contributed by atoms with E-state index >= 15 is 0 Å². The van der Waals surface area contributed by atoms with E-state index in [1.165, 1.54) is 16.7 Å². The lowest BCUT2D eigenvalue weighted by Crippen LogP contribution is -2.18. The van der Waals surface area contributed by atoms with Crippen molar-refractivity contribution in [3.8, 4) is 22.4 Å². The molecule has 1 aromatic carbocycles. The van der Waals surface area contributed by atoms with Crippen molar-refractivity contribution in [3.05, 3.63) is 90.6 Å². The summed E-state index contributed by atoms with van der Waals surface area (Å²) in [6.45, 7) is 4.02. The number of aryl methyl sites for hydroxylation is 1. The molecule has 0 N–H and O–H groups in total. The highest BCUT2D eigenvalue weighted by Gasteiger charge is 2.34. The van der Waals surface area contributed by atoms with E-state index in [9.17, 15) is 0 Å². The van der Waals surface area contributed by atoms with Gasteiger partial charge >= 0.3 is 0 Å². The van der Waals surface area contributed by atoms with Gasteiger partial charge in [-0.1, -0.05) is 24.3 Å². The molecule has 0 radical (unpaired) electrons. The molecule has 5 heteroatoms. The average molecular weight is 396 g/mol. The first-order valence-electron chi connectivity index (χ1n) is 10.3. The van der Waals surface area contributed by atoms with Gasteiger partial charge in [0, 0.05) is 55.1 Å². The van der Waals surface area contributed by atoms with Crippen molar-refractivity contribution in [2.45, 2.75) is 18.9 Å². The fourth-order valence-corrected chi connectivity index (χ4v) is 4.45. The van der Waals surface area contributed by atoms with E-state index in [1.54, 1.807) is 0 Å². The highest BCUT2D eigenvalue weighted by Crippen LogP contribution is 2.37. The minimum absolute atomic E-state index is 0.305. The van der Waals surface area contributed by atoms with Crippen LogP contribution in [0.15, 0.2) is 79.4 Å². The zero-order valence-electron chi connectivity index (χ0n) is 17.3. The maximum Gasteiger partial charge on any atom is 0.0924 e. The third-order valence-corrected chi connectivity index (χ3v) is 5.94. The van der Waals surface area contributed by atoms with Gasteiger partial charge in [-0.05, 0) is 61.0 Å². The Kier molecular flexibility index (Phi) is 4.89. The minimum atomic E-state index is 0.305. The second kappa shape index (κ2) is 7.84. The van der Waals surface area contributed by atoms with Crippen molar-refractivity contribution in [2.24, 2.45) is 0 Å². The molecule has 2 atom stereocenters. The Labute approximate surface area is 177 Å². The Hall–Kier alpha value is -3.31.